The molecular weight excluding hydrogens is 328 g/mol. The van der Waals surface area contributed by atoms with Crippen molar-refractivity contribution in [2.45, 2.75) is 43.6 Å². The predicted octanol–water partition coefficient (Wildman–Crippen LogP) is 3.73. The van der Waals surface area contributed by atoms with E-state index in [-0.39, 0.29) is 16.4 Å². The first-order valence-corrected chi connectivity index (χ1v) is 8.81. The number of benzene rings is 1. The van der Waals surface area contributed by atoms with Crippen molar-refractivity contribution < 1.29 is 12.6 Å². The minimum Gasteiger partial charge on any atom is -0.262 e. The van der Waals surface area contributed by atoms with E-state index in [1.54, 1.807) is 24.3 Å². The SMILES string of the molecule is C[C@]12CC[C@H]1CC[C@H]2OS(=O)(=O)c1ccc(Br)cc1. The molecule has 0 aliphatic heterocycles. The number of hydrogen-bond acceptors (Lipinski definition) is 3. The molecule has 3 nitrogen and oxygen atoms in total. The fourth-order valence-electron chi connectivity index (χ4n) is 3.35. The summed E-state index contributed by atoms with van der Waals surface area (Å²) in [6.45, 7) is 2.16. The van der Waals surface area contributed by atoms with Crippen molar-refractivity contribution in [2.75, 3.05) is 0 Å². The molecule has 2 saturated carbocycles. The van der Waals surface area contributed by atoms with Crippen molar-refractivity contribution in [2.24, 2.45) is 11.3 Å². The molecule has 0 N–H and O–H groups in total. The Labute approximate surface area is 122 Å². The molecule has 19 heavy (non-hydrogen) atoms. The average molecular weight is 345 g/mol. The van der Waals surface area contributed by atoms with Crippen molar-refractivity contribution in [3.8, 4) is 0 Å². The van der Waals surface area contributed by atoms with Crippen LogP contribution in [0.15, 0.2) is 33.6 Å². The zero-order valence-electron chi connectivity index (χ0n) is 10.8. The normalized spacial score (nSPS) is 33.8. The third-order valence-electron chi connectivity index (χ3n) is 4.82. The van der Waals surface area contributed by atoms with Crippen LogP contribution in [0.25, 0.3) is 0 Å². The summed E-state index contributed by atoms with van der Waals surface area (Å²) in [5, 5.41) is 0. The highest BCUT2D eigenvalue weighted by atomic mass is 79.9. The molecule has 0 amide bonds. The second-order valence-corrected chi connectivity index (χ2v) is 8.30. The van der Waals surface area contributed by atoms with E-state index in [4.69, 9.17) is 4.18 Å². The van der Waals surface area contributed by atoms with Gasteiger partial charge in [0.1, 0.15) is 0 Å². The molecule has 5 heteroatoms. The quantitative estimate of drug-likeness (QED) is 0.784. The van der Waals surface area contributed by atoms with E-state index in [1.165, 1.54) is 6.42 Å². The lowest BCUT2D eigenvalue weighted by Gasteiger charge is -2.45. The number of hydrogen-bond donors (Lipinski definition) is 0. The van der Waals surface area contributed by atoms with Crippen LogP contribution in [0, 0.1) is 11.3 Å². The first-order chi connectivity index (χ1) is 8.92. The molecule has 3 atom stereocenters. The molecule has 1 aromatic rings. The van der Waals surface area contributed by atoms with Crippen LogP contribution >= 0.6 is 15.9 Å². The highest BCUT2D eigenvalue weighted by Gasteiger charge is 2.54. The summed E-state index contributed by atoms with van der Waals surface area (Å²) >= 11 is 3.30. The molecule has 2 aliphatic carbocycles. The van der Waals surface area contributed by atoms with Crippen molar-refractivity contribution >= 4 is 26.0 Å². The number of halogens is 1. The number of rotatable bonds is 3. The fraction of sp³-hybridized carbons (Fsp3) is 0.571. The molecule has 0 bridgehead atoms. The Morgan fingerprint density at radius 1 is 1.21 bits per heavy atom. The van der Waals surface area contributed by atoms with Gasteiger partial charge in [-0.05, 0) is 61.3 Å². The van der Waals surface area contributed by atoms with E-state index in [2.05, 4.69) is 22.9 Å². The second kappa shape index (κ2) is 4.57. The minimum atomic E-state index is -3.64. The van der Waals surface area contributed by atoms with Crippen molar-refractivity contribution in [1.29, 1.82) is 0 Å². The van der Waals surface area contributed by atoms with Gasteiger partial charge in [-0.3, -0.25) is 4.18 Å². The maximum absolute atomic E-state index is 12.3. The van der Waals surface area contributed by atoms with Gasteiger partial charge in [0.25, 0.3) is 10.1 Å². The zero-order valence-corrected chi connectivity index (χ0v) is 13.2. The summed E-state index contributed by atoms with van der Waals surface area (Å²) in [6, 6.07) is 6.60. The summed E-state index contributed by atoms with van der Waals surface area (Å²) in [7, 11) is -3.64. The highest BCUT2D eigenvalue weighted by molar-refractivity contribution is 9.10. The largest absolute Gasteiger partial charge is 0.297 e. The molecule has 2 aliphatic rings. The van der Waals surface area contributed by atoms with Crippen LogP contribution in [0.1, 0.15) is 32.6 Å². The second-order valence-electron chi connectivity index (χ2n) is 5.81. The van der Waals surface area contributed by atoms with Gasteiger partial charge < -0.3 is 0 Å². The van der Waals surface area contributed by atoms with Gasteiger partial charge in [-0.25, -0.2) is 0 Å². The number of fused-ring (bicyclic) bond motifs is 1. The van der Waals surface area contributed by atoms with Crippen molar-refractivity contribution in [3.05, 3.63) is 28.7 Å². The van der Waals surface area contributed by atoms with Crippen molar-refractivity contribution in [1.82, 2.24) is 0 Å². The van der Waals surface area contributed by atoms with Gasteiger partial charge in [-0.15, -0.1) is 0 Å². The predicted molar refractivity (Wildman–Crippen MR) is 76.3 cm³/mol. The zero-order chi connectivity index (χ0) is 13.7. The Balaban J connectivity index is 1.81. The average Bonchev–Trinajstić information content (AvgIpc) is 2.54. The molecule has 1 aromatic carbocycles. The van der Waals surface area contributed by atoms with Gasteiger partial charge in [0.2, 0.25) is 0 Å². The van der Waals surface area contributed by atoms with Crippen LogP contribution in [0.3, 0.4) is 0 Å². The molecule has 2 fully saturated rings. The van der Waals surface area contributed by atoms with E-state index >= 15 is 0 Å². The fourth-order valence-corrected chi connectivity index (χ4v) is 4.82. The molecule has 3 rings (SSSR count). The third-order valence-corrected chi connectivity index (χ3v) is 6.69. The Kier molecular flexibility index (Phi) is 3.27. The first-order valence-electron chi connectivity index (χ1n) is 6.61. The van der Waals surface area contributed by atoms with Gasteiger partial charge in [-0.2, -0.15) is 8.42 Å². The first kappa shape index (κ1) is 13.6. The van der Waals surface area contributed by atoms with E-state index in [0.29, 0.717) is 5.92 Å². The lowest BCUT2D eigenvalue weighted by Crippen LogP contribution is -2.42. The third kappa shape index (κ3) is 2.26. The lowest BCUT2D eigenvalue weighted by atomic mass is 9.62. The van der Waals surface area contributed by atoms with Crippen LogP contribution in [0.5, 0.6) is 0 Å². The van der Waals surface area contributed by atoms with Gasteiger partial charge >= 0.3 is 0 Å². The summed E-state index contributed by atoms with van der Waals surface area (Å²) in [6.07, 6.45) is 4.10. The molecule has 0 radical (unpaired) electrons. The maximum Gasteiger partial charge on any atom is 0.297 e. The molecule has 0 unspecified atom stereocenters. The van der Waals surface area contributed by atoms with Crippen LogP contribution < -0.4 is 0 Å². The van der Waals surface area contributed by atoms with E-state index in [9.17, 15) is 8.42 Å². The summed E-state index contributed by atoms with van der Waals surface area (Å²) < 4.78 is 30.9. The monoisotopic (exact) mass is 344 g/mol. The standard InChI is InChI=1S/C14H17BrO3S/c1-14-9-8-10(14)2-7-13(14)18-19(16,17)12-5-3-11(15)4-6-12/h3-6,10,13H,2,7-9H2,1H3/t10-,13-,14+/m1/s1. The Morgan fingerprint density at radius 3 is 2.42 bits per heavy atom. The van der Waals surface area contributed by atoms with Crippen LogP contribution in [0.2, 0.25) is 0 Å². The minimum absolute atomic E-state index is 0.0719. The summed E-state index contributed by atoms with van der Waals surface area (Å²) in [4.78, 5) is 0.238. The van der Waals surface area contributed by atoms with Crippen LogP contribution in [-0.4, -0.2) is 14.5 Å². The van der Waals surface area contributed by atoms with Crippen LogP contribution in [0.4, 0.5) is 0 Å². The summed E-state index contributed by atoms with van der Waals surface area (Å²) in [5.41, 5.74) is 0.0719. The molecule has 0 spiro atoms. The molecule has 0 heterocycles. The van der Waals surface area contributed by atoms with E-state index in [1.807, 2.05) is 0 Å². The molecule has 0 saturated heterocycles. The highest BCUT2D eigenvalue weighted by Crippen LogP contribution is 2.58. The Morgan fingerprint density at radius 2 is 1.89 bits per heavy atom. The topological polar surface area (TPSA) is 43.4 Å². The van der Waals surface area contributed by atoms with Crippen LogP contribution in [-0.2, 0) is 14.3 Å². The van der Waals surface area contributed by atoms with E-state index in [0.717, 1.165) is 23.7 Å². The van der Waals surface area contributed by atoms with Crippen molar-refractivity contribution in [3.63, 3.8) is 0 Å². The Bertz CT molecular complexity index is 581. The lowest BCUT2D eigenvalue weighted by molar-refractivity contribution is -0.00775. The molecule has 104 valence electrons. The van der Waals surface area contributed by atoms with Gasteiger partial charge in [-0.1, -0.05) is 22.9 Å². The van der Waals surface area contributed by atoms with Gasteiger partial charge in [0, 0.05) is 4.47 Å². The Hall–Kier alpha value is -0.390. The summed E-state index contributed by atoms with van der Waals surface area (Å²) in [5.74, 6) is 0.651. The van der Waals surface area contributed by atoms with Gasteiger partial charge in [0.15, 0.2) is 0 Å². The van der Waals surface area contributed by atoms with E-state index < -0.39 is 10.1 Å². The molecule has 0 aromatic heterocycles. The molecular formula is C14H17BrO3S. The maximum atomic E-state index is 12.3. The smallest absolute Gasteiger partial charge is 0.262 e. The van der Waals surface area contributed by atoms with Gasteiger partial charge in [0.05, 0.1) is 11.0 Å².